The van der Waals surface area contributed by atoms with Gasteiger partial charge >= 0.3 is 0 Å². The molecule has 0 N–H and O–H groups in total. The van der Waals surface area contributed by atoms with Crippen LogP contribution < -0.4 is 0 Å². The summed E-state index contributed by atoms with van der Waals surface area (Å²) in [6, 6.07) is 0. The van der Waals surface area contributed by atoms with Crippen molar-refractivity contribution in [3.05, 3.63) is 0 Å². The van der Waals surface area contributed by atoms with E-state index in [2.05, 4.69) is 6.92 Å². The molecule has 0 aromatic carbocycles. The fraction of sp³-hybridized carbons (Fsp3) is 0.933. The number of carbonyl (C=O) groups excluding carboxylic acids is 1. The van der Waals surface area contributed by atoms with Gasteiger partial charge in [-0.25, -0.2) is 0 Å². The molecule has 0 unspecified atom stereocenters. The molecule has 96 valence electrons. The lowest BCUT2D eigenvalue weighted by atomic mass is 10.0. The third kappa shape index (κ3) is 11.7. The first-order valence-electron chi connectivity index (χ1n) is 7.26. The van der Waals surface area contributed by atoms with Gasteiger partial charge in [-0.05, 0) is 6.42 Å². The van der Waals surface area contributed by atoms with Gasteiger partial charge in [0.2, 0.25) is 0 Å². The van der Waals surface area contributed by atoms with Crippen LogP contribution in [0.15, 0.2) is 0 Å². The Hall–Kier alpha value is -0.330. The first-order chi connectivity index (χ1) is 7.81. The second-order valence-corrected chi connectivity index (χ2v) is 5.08. The van der Waals surface area contributed by atoms with Gasteiger partial charge in [0.05, 0.1) is 0 Å². The lowest BCUT2D eigenvalue weighted by molar-refractivity contribution is -0.110. The van der Waals surface area contributed by atoms with Gasteiger partial charge < -0.3 is 4.79 Å². The van der Waals surface area contributed by atoms with Gasteiger partial charge in [0.25, 0.3) is 0 Å². The van der Waals surface area contributed by atoms with Crippen LogP contribution in [0, 0.1) is 5.92 Å². The second-order valence-electron chi connectivity index (χ2n) is 5.08. The molecule has 0 heterocycles. The molecule has 1 heteroatoms. The van der Waals surface area contributed by atoms with E-state index in [0.717, 1.165) is 12.7 Å². The number of hydrogen-bond acceptors (Lipinski definition) is 1. The zero-order valence-electron chi connectivity index (χ0n) is 11.3. The highest BCUT2D eigenvalue weighted by Gasteiger charge is 1.98. The van der Waals surface area contributed by atoms with Crippen molar-refractivity contribution >= 4 is 6.29 Å². The number of aldehydes is 1. The van der Waals surface area contributed by atoms with Gasteiger partial charge in [-0.2, -0.15) is 0 Å². The molecule has 0 saturated heterocycles. The van der Waals surface area contributed by atoms with Crippen molar-refractivity contribution in [1.29, 1.82) is 0 Å². The molecule has 1 atom stereocenters. The highest BCUT2D eigenvalue weighted by molar-refractivity contribution is 5.52. The second kappa shape index (κ2) is 12.7. The van der Waals surface area contributed by atoms with Crippen LogP contribution in [0.3, 0.4) is 0 Å². The van der Waals surface area contributed by atoms with Crippen molar-refractivity contribution in [2.24, 2.45) is 5.92 Å². The zero-order valence-corrected chi connectivity index (χ0v) is 11.3. The standard InChI is InChI=1S/C15H30O/c1-3-4-5-6-7-8-9-10-11-12-13-15(2)14-16/h14-15H,3-13H2,1-2H3/t15-/m1/s1. The van der Waals surface area contributed by atoms with Crippen LogP contribution in [0.2, 0.25) is 0 Å². The topological polar surface area (TPSA) is 17.1 Å². The van der Waals surface area contributed by atoms with Crippen LogP contribution in [-0.4, -0.2) is 6.29 Å². The van der Waals surface area contributed by atoms with E-state index in [9.17, 15) is 4.79 Å². The largest absolute Gasteiger partial charge is 0.303 e. The van der Waals surface area contributed by atoms with Crippen molar-refractivity contribution < 1.29 is 4.79 Å². The van der Waals surface area contributed by atoms with E-state index >= 15 is 0 Å². The van der Waals surface area contributed by atoms with E-state index in [1.54, 1.807) is 0 Å². The Kier molecular flexibility index (Phi) is 12.5. The Bertz CT molecular complexity index is 142. The van der Waals surface area contributed by atoms with E-state index in [0.29, 0.717) is 0 Å². The molecular formula is C15H30O. The fourth-order valence-corrected chi connectivity index (χ4v) is 2.02. The lowest BCUT2D eigenvalue weighted by Crippen LogP contribution is -1.94. The average Bonchev–Trinajstić information content (AvgIpc) is 2.31. The summed E-state index contributed by atoms with van der Waals surface area (Å²) in [5, 5.41) is 0. The maximum Gasteiger partial charge on any atom is 0.122 e. The fourth-order valence-electron chi connectivity index (χ4n) is 2.02. The molecule has 0 saturated carbocycles. The molecule has 0 amide bonds. The van der Waals surface area contributed by atoms with Crippen LogP contribution in [0.1, 0.15) is 84.5 Å². The first kappa shape index (κ1) is 15.7. The Morgan fingerprint density at radius 3 is 1.69 bits per heavy atom. The highest BCUT2D eigenvalue weighted by Crippen LogP contribution is 2.12. The minimum Gasteiger partial charge on any atom is -0.303 e. The van der Waals surface area contributed by atoms with E-state index in [4.69, 9.17) is 0 Å². The van der Waals surface area contributed by atoms with Crippen LogP contribution in [0.5, 0.6) is 0 Å². The molecular weight excluding hydrogens is 196 g/mol. The van der Waals surface area contributed by atoms with Gasteiger partial charge in [-0.15, -0.1) is 0 Å². The van der Waals surface area contributed by atoms with E-state index in [1.165, 1.54) is 64.2 Å². The van der Waals surface area contributed by atoms with Gasteiger partial charge in [0, 0.05) is 5.92 Å². The van der Waals surface area contributed by atoms with Crippen LogP contribution in [0.25, 0.3) is 0 Å². The summed E-state index contributed by atoms with van der Waals surface area (Å²) in [5.41, 5.74) is 0. The molecule has 0 radical (unpaired) electrons. The monoisotopic (exact) mass is 226 g/mol. The predicted molar refractivity (Wildman–Crippen MR) is 71.7 cm³/mol. The third-order valence-corrected chi connectivity index (χ3v) is 3.25. The molecule has 0 fully saturated rings. The smallest absolute Gasteiger partial charge is 0.122 e. The summed E-state index contributed by atoms with van der Waals surface area (Å²) in [6.45, 7) is 4.28. The van der Waals surface area contributed by atoms with Crippen molar-refractivity contribution in [2.75, 3.05) is 0 Å². The predicted octanol–water partition coefficient (Wildman–Crippen LogP) is 5.13. The molecule has 0 spiro atoms. The number of carbonyl (C=O) groups is 1. The minimum absolute atomic E-state index is 0.272. The minimum atomic E-state index is 0.272. The van der Waals surface area contributed by atoms with Crippen LogP contribution in [-0.2, 0) is 4.79 Å². The molecule has 0 aliphatic rings. The van der Waals surface area contributed by atoms with Gasteiger partial charge in [0.1, 0.15) is 6.29 Å². The van der Waals surface area contributed by atoms with Gasteiger partial charge in [-0.1, -0.05) is 78.1 Å². The third-order valence-electron chi connectivity index (χ3n) is 3.25. The molecule has 0 rings (SSSR count). The van der Waals surface area contributed by atoms with Gasteiger partial charge in [-0.3, -0.25) is 0 Å². The summed E-state index contributed by atoms with van der Waals surface area (Å²) in [7, 11) is 0. The maximum absolute atomic E-state index is 10.4. The SMILES string of the molecule is CCCCCCCCCCCC[C@@H](C)C=O. The van der Waals surface area contributed by atoms with Crippen LogP contribution >= 0.6 is 0 Å². The van der Waals surface area contributed by atoms with Crippen molar-refractivity contribution in [3.8, 4) is 0 Å². The van der Waals surface area contributed by atoms with E-state index < -0.39 is 0 Å². The van der Waals surface area contributed by atoms with E-state index in [1.807, 2.05) is 6.92 Å². The average molecular weight is 226 g/mol. The maximum atomic E-state index is 10.4. The van der Waals surface area contributed by atoms with Crippen LogP contribution in [0.4, 0.5) is 0 Å². The Morgan fingerprint density at radius 2 is 1.25 bits per heavy atom. The number of rotatable bonds is 12. The summed E-state index contributed by atoms with van der Waals surface area (Å²) in [5.74, 6) is 0.272. The first-order valence-corrected chi connectivity index (χ1v) is 7.26. The van der Waals surface area contributed by atoms with E-state index in [-0.39, 0.29) is 5.92 Å². The summed E-state index contributed by atoms with van der Waals surface area (Å²) in [6.07, 6.45) is 15.9. The molecule has 1 nitrogen and oxygen atoms in total. The van der Waals surface area contributed by atoms with Crippen molar-refractivity contribution in [1.82, 2.24) is 0 Å². The zero-order chi connectivity index (χ0) is 12.1. The lowest BCUT2D eigenvalue weighted by Gasteiger charge is -2.03. The van der Waals surface area contributed by atoms with Gasteiger partial charge in [0.15, 0.2) is 0 Å². The molecule has 0 aromatic rings. The van der Waals surface area contributed by atoms with Crippen molar-refractivity contribution in [3.63, 3.8) is 0 Å². The molecule has 0 bridgehead atoms. The molecule has 0 aromatic heterocycles. The molecule has 0 aliphatic heterocycles. The summed E-state index contributed by atoms with van der Waals surface area (Å²) in [4.78, 5) is 10.4. The number of unbranched alkanes of at least 4 members (excludes halogenated alkanes) is 9. The van der Waals surface area contributed by atoms with Crippen molar-refractivity contribution in [2.45, 2.75) is 84.5 Å². The highest BCUT2D eigenvalue weighted by atomic mass is 16.1. The Labute approximate surface area is 102 Å². The summed E-state index contributed by atoms with van der Waals surface area (Å²) < 4.78 is 0. The normalized spacial score (nSPS) is 12.6. The molecule has 16 heavy (non-hydrogen) atoms. The molecule has 0 aliphatic carbocycles. The Balaban J connectivity index is 2.96. The quantitative estimate of drug-likeness (QED) is 0.333. The summed E-state index contributed by atoms with van der Waals surface area (Å²) >= 11 is 0. The Morgan fingerprint density at radius 1 is 0.812 bits per heavy atom. The number of hydrogen-bond donors (Lipinski definition) is 0.